The molecular formula is C11H16F3NO4. The van der Waals surface area contributed by atoms with Gasteiger partial charge in [-0.1, -0.05) is 0 Å². The molecule has 1 saturated carbocycles. The number of carboxylic acid groups (broad SMARTS) is 1. The van der Waals surface area contributed by atoms with Gasteiger partial charge >= 0.3 is 18.2 Å². The summed E-state index contributed by atoms with van der Waals surface area (Å²) in [4.78, 5) is 22.4. The van der Waals surface area contributed by atoms with Crippen LogP contribution in [0.15, 0.2) is 0 Å². The lowest BCUT2D eigenvalue weighted by atomic mass is 9.96. The SMILES string of the molecule is CC(C)(C)OC(=O)N[C@H](C(=O)O)C1(C(F)(F)F)CC1. The molecule has 1 aliphatic carbocycles. The predicted molar refractivity (Wildman–Crippen MR) is 58.5 cm³/mol. The van der Waals surface area contributed by atoms with E-state index in [-0.39, 0.29) is 12.8 Å². The van der Waals surface area contributed by atoms with E-state index in [9.17, 15) is 22.8 Å². The number of halogens is 3. The summed E-state index contributed by atoms with van der Waals surface area (Å²) >= 11 is 0. The molecule has 0 unspecified atom stereocenters. The van der Waals surface area contributed by atoms with Crippen molar-refractivity contribution in [3.63, 3.8) is 0 Å². The Bertz CT molecular complexity index is 382. The van der Waals surface area contributed by atoms with Gasteiger partial charge in [0.25, 0.3) is 0 Å². The van der Waals surface area contributed by atoms with Crippen LogP contribution in [0.25, 0.3) is 0 Å². The van der Waals surface area contributed by atoms with Crippen LogP contribution in [-0.4, -0.2) is 35.0 Å². The monoisotopic (exact) mass is 283 g/mol. The molecule has 1 amide bonds. The highest BCUT2D eigenvalue weighted by atomic mass is 19.4. The molecule has 0 radical (unpaired) electrons. The molecule has 110 valence electrons. The predicted octanol–water partition coefficient (Wildman–Crippen LogP) is 2.31. The van der Waals surface area contributed by atoms with Crippen molar-refractivity contribution in [3.8, 4) is 0 Å². The lowest BCUT2D eigenvalue weighted by Crippen LogP contribution is -2.53. The summed E-state index contributed by atoms with van der Waals surface area (Å²) in [5.41, 5.74) is -3.29. The lowest BCUT2D eigenvalue weighted by molar-refractivity contribution is -0.200. The first-order valence-corrected chi connectivity index (χ1v) is 5.68. The van der Waals surface area contributed by atoms with Crippen molar-refractivity contribution in [1.29, 1.82) is 0 Å². The van der Waals surface area contributed by atoms with E-state index in [1.807, 2.05) is 0 Å². The number of alkyl carbamates (subject to hydrolysis) is 1. The van der Waals surface area contributed by atoms with E-state index >= 15 is 0 Å². The standard InChI is InChI=1S/C11H16F3NO4/c1-9(2,3)19-8(18)15-6(7(16)17)10(4-5-10)11(12,13)14/h6H,4-5H2,1-3H3,(H,15,18)(H,16,17)/t6-/m1/s1. The van der Waals surface area contributed by atoms with E-state index < -0.39 is 35.3 Å². The fourth-order valence-electron chi connectivity index (χ4n) is 1.73. The summed E-state index contributed by atoms with van der Waals surface area (Å²) in [6, 6.07) is -2.03. The Morgan fingerprint density at radius 3 is 2.00 bits per heavy atom. The van der Waals surface area contributed by atoms with Crippen LogP contribution in [0.4, 0.5) is 18.0 Å². The molecule has 0 heterocycles. The van der Waals surface area contributed by atoms with Gasteiger partial charge in [-0.25, -0.2) is 9.59 Å². The van der Waals surface area contributed by atoms with Crippen molar-refractivity contribution < 1.29 is 32.6 Å². The van der Waals surface area contributed by atoms with Crippen LogP contribution in [-0.2, 0) is 9.53 Å². The largest absolute Gasteiger partial charge is 0.480 e. The van der Waals surface area contributed by atoms with Crippen LogP contribution >= 0.6 is 0 Å². The third kappa shape index (κ3) is 3.51. The molecule has 5 nitrogen and oxygen atoms in total. The van der Waals surface area contributed by atoms with Gasteiger partial charge in [0.15, 0.2) is 0 Å². The number of hydrogen-bond donors (Lipinski definition) is 2. The fraction of sp³-hybridized carbons (Fsp3) is 0.818. The van der Waals surface area contributed by atoms with Gasteiger partial charge < -0.3 is 15.2 Å². The zero-order chi connectivity index (χ0) is 15.1. The van der Waals surface area contributed by atoms with Crippen LogP contribution in [0.3, 0.4) is 0 Å². The molecule has 8 heteroatoms. The normalized spacial score (nSPS) is 19.5. The fourth-order valence-corrected chi connectivity index (χ4v) is 1.73. The first kappa shape index (κ1) is 15.6. The lowest BCUT2D eigenvalue weighted by Gasteiger charge is -2.28. The Labute approximate surface area is 108 Å². The minimum Gasteiger partial charge on any atom is -0.480 e. The number of carboxylic acids is 1. The minimum absolute atomic E-state index is 0.316. The molecule has 2 N–H and O–H groups in total. The molecule has 0 aliphatic heterocycles. The summed E-state index contributed by atoms with van der Waals surface area (Å²) in [6.45, 7) is 4.58. The Kier molecular flexibility index (Phi) is 3.75. The van der Waals surface area contributed by atoms with Crippen molar-refractivity contribution in [1.82, 2.24) is 5.32 Å². The summed E-state index contributed by atoms with van der Waals surface area (Å²) in [5, 5.41) is 10.7. The van der Waals surface area contributed by atoms with Crippen molar-refractivity contribution in [3.05, 3.63) is 0 Å². The summed E-state index contributed by atoms with van der Waals surface area (Å²) in [7, 11) is 0. The summed E-state index contributed by atoms with van der Waals surface area (Å²) in [6.07, 6.45) is -6.48. The first-order valence-electron chi connectivity index (χ1n) is 5.68. The maximum Gasteiger partial charge on any atom is 0.408 e. The Morgan fingerprint density at radius 2 is 1.74 bits per heavy atom. The highest BCUT2D eigenvalue weighted by molar-refractivity contribution is 5.81. The molecule has 0 saturated heterocycles. The van der Waals surface area contributed by atoms with Gasteiger partial charge in [0.2, 0.25) is 0 Å². The quantitative estimate of drug-likeness (QED) is 0.833. The molecule has 1 rings (SSSR count). The number of carbonyl (C=O) groups excluding carboxylic acids is 1. The average molecular weight is 283 g/mol. The van der Waals surface area contributed by atoms with Gasteiger partial charge in [-0.3, -0.25) is 0 Å². The number of aliphatic carboxylic acids is 1. The van der Waals surface area contributed by atoms with Crippen LogP contribution in [0.2, 0.25) is 0 Å². The van der Waals surface area contributed by atoms with Gasteiger partial charge in [-0.05, 0) is 33.6 Å². The highest BCUT2D eigenvalue weighted by Crippen LogP contribution is 2.59. The van der Waals surface area contributed by atoms with Gasteiger partial charge in [0.1, 0.15) is 11.6 Å². The Hall–Kier alpha value is -1.47. The second-order valence-corrected chi connectivity index (χ2v) is 5.57. The van der Waals surface area contributed by atoms with Gasteiger partial charge in [-0.15, -0.1) is 0 Å². The zero-order valence-corrected chi connectivity index (χ0v) is 10.8. The van der Waals surface area contributed by atoms with E-state index in [0.717, 1.165) is 0 Å². The third-order valence-electron chi connectivity index (χ3n) is 2.81. The molecule has 0 bridgehead atoms. The molecule has 1 aliphatic rings. The van der Waals surface area contributed by atoms with Gasteiger partial charge in [0, 0.05) is 0 Å². The number of alkyl halides is 3. The van der Waals surface area contributed by atoms with Crippen LogP contribution < -0.4 is 5.32 Å². The van der Waals surface area contributed by atoms with Crippen molar-refractivity contribution in [2.75, 3.05) is 0 Å². The number of rotatable bonds is 3. The molecule has 1 atom stereocenters. The van der Waals surface area contributed by atoms with Crippen LogP contribution in [0, 0.1) is 5.41 Å². The molecule has 0 aromatic rings. The summed E-state index contributed by atoms with van der Waals surface area (Å²) < 4.78 is 43.3. The molecule has 0 aromatic carbocycles. The van der Waals surface area contributed by atoms with E-state index in [2.05, 4.69) is 0 Å². The molecular weight excluding hydrogens is 267 g/mol. The number of nitrogens with one attached hydrogen (secondary N) is 1. The van der Waals surface area contributed by atoms with E-state index in [0.29, 0.717) is 0 Å². The number of carbonyl (C=O) groups is 2. The molecule has 19 heavy (non-hydrogen) atoms. The number of ether oxygens (including phenoxy) is 1. The van der Waals surface area contributed by atoms with Crippen LogP contribution in [0.1, 0.15) is 33.6 Å². The Morgan fingerprint density at radius 1 is 1.26 bits per heavy atom. The van der Waals surface area contributed by atoms with E-state index in [4.69, 9.17) is 9.84 Å². The van der Waals surface area contributed by atoms with Gasteiger partial charge in [-0.2, -0.15) is 13.2 Å². The smallest absolute Gasteiger partial charge is 0.408 e. The maximum atomic E-state index is 12.8. The second kappa shape index (κ2) is 4.57. The second-order valence-electron chi connectivity index (χ2n) is 5.57. The number of hydrogen-bond acceptors (Lipinski definition) is 3. The third-order valence-corrected chi connectivity index (χ3v) is 2.81. The topological polar surface area (TPSA) is 75.6 Å². The van der Waals surface area contributed by atoms with Crippen LogP contribution in [0.5, 0.6) is 0 Å². The van der Waals surface area contributed by atoms with Crippen molar-refractivity contribution in [2.45, 2.75) is 51.4 Å². The molecule has 1 fully saturated rings. The van der Waals surface area contributed by atoms with E-state index in [1.54, 1.807) is 5.32 Å². The summed E-state index contributed by atoms with van der Waals surface area (Å²) in [5.74, 6) is -1.72. The highest BCUT2D eigenvalue weighted by Gasteiger charge is 2.69. The van der Waals surface area contributed by atoms with Crippen molar-refractivity contribution in [2.24, 2.45) is 5.41 Å². The average Bonchev–Trinajstić information content (AvgIpc) is 2.89. The Balaban J connectivity index is 2.82. The number of amides is 1. The van der Waals surface area contributed by atoms with Gasteiger partial charge in [0.05, 0.1) is 5.41 Å². The van der Waals surface area contributed by atoms with Crippen molar-refractivity contribution >= 4 is 12.1 Å². The first-order chi connectivity index (χ1) is 8.39. The zero-order valence-electron chi connectivity index (χ0n) is 10.8. The minimum atomic E-state index is -4.68. The molecule has 0 aromatic heterocycles. The molecule has 0 spiro atoms. The van der Waals surface area contributed by atoms with E-state index in [1.165, 1.54) is 20.8 Å². The maximum absolute atomic E-state index is 12.8.